The zero-order valence-electron chi connectivity index (χ0n) is 20.0. The number of amides is 1. The quantitative estimate of drug-likeness (QED) is 0.422. The summed E-state index contributed by atoms with van der Waals surface area (Å²) in [7, 11) is 1.65. The highest BCUT2D eigenvalue weighted by molar-refractivity contribution is 5.90. The average molecular weight is 479 g/mol. The summed E-state index contributed by atoms with van der Waals surface area (Å²) in [6.07, 6.45) is 1.60. The normalized spacial score (nSPS) is 15.0. The van der Waals surface area contributed by atoms with Crippen LogP contribution in [0.5, 0.6) is 17.2 Å². The van der Waals surface area contributed by atoms with Crippen molar-refractivity contribution in [1.29, 1.82) is 0 Å². The van der Waals surface area contributed by atoms with Crippen LogP contribution < -0.4 is 14.4 Å². The van der Waals surface area contributed by atoms with Crippen LogP contribution in [-0.2, 0) is 4.79 Å². The van der Waals surface area contributed by atoms with Crippen LogP contribution in [0.25, 0.3) is 11.3 Å². The van der Waals surface area contributed by atoms with Crippen molar-refractivity contribution in [1.82, 2.24) is 14.9 Å². The van der Waals surface area contributed by atoms with Crippen LogP contribution in [0.3, 0.4) is 0 Å². The van der Waals surface area contributed by atoms with E-state index in [2.05, 4.69) is 14.9 Å². The van der Waals surface area contributed by atoms with Gasteiger partial charge in [0.1, 0.15) is 29.4 Å². The SMILES string of the molecule is COc1ccc(-c2cc(N3CCN(C(=O)C4c5ccccc5Oc5ccccc54)CC3)ncn2)cc1. The molecule has 1 aromatic heterocycles. The molecule has 0 atom stereocenters. The molecule has 0 unspecified atom stereocenters. The number of para-hydroxylation sites is 2. The van der Waals surface area contributed by atoms with E-state index in [-0.39, 0.29) is 11.8 Å². The van der Waals surface area contributed by atoms with Gasteiger partial charge in [0.15, 0.2) is 0 Å². The summed E-state index contributed by atoms with van der Waals surface area (Å²) < 4.78 is 11.3. The molecule has 6 rings (SSSR count). The molecular weight excluding hydrogens is 452 g/mol. The molecule has 1 saturated heterocycles. The van der Waals surface area contributed by atoms with E-state index in [4.69, 9.17) is 9.47 Å². The van der Waals surface area contributed by atoms with Crippen molar-refractivity contribution in [2.45, 2.75) is 5.92 Å². The van der Waals surface area contributed by atoms with E-state index < -0.39 is 0 Å². The zero-order chi connectivity index (χ0) is 24.5. The van der Waals surface area contributed by atoms with Gasteiger partial charge in [-0.3, -0.25) is 4.79 Å². The molecule has 7 heteroatoms. The molecule has 7 nitrogen and oxygen atoms in total. The first-order chi connectivity index (χ1) is 17.7. The minimum Gasteiger partial charge on any atom is -0.497 e. The molecule has 0 N–H and O–H groups in total. The average Bonchev–Trinajstić information content (AvgIpc) is 2.96. The molecule has 1 fully saturated rings. The number of rotatable bonds is 4. The van der Waals surface area contributed by atoms with Gasteiger partial charge in [0.05, 0.1) is 18.7 Å². The number of nitrogens with zero attached hydrogens (tertiary/aromatic N) is 4. The number of aromatic nitrogens is 2. The number of methoxy groups -OCH3 is 1. The lowest BCUT2D eigenvalue weighted by molar-refractivity contribution is -0.132. The molecule has 3 heterocycles. The second kappa shape index (κ2) is 9.34. The fourth-order valence-corrected chi connectivity index (χ4v) is 4.95. The summed E-state index contributed by atoms with van der Waals surface area (Å²) in [6.45, 7) is 2.67. The van der Waals surface area contributed by atoms with Gasteiger partial charge in [-0.1, -0.05) is 36.4 Å². The van der Waals surface area contributed by atoms with E-state index in [1.165, 1.54) is 0 Å². The molecule has 3 aromatic carbocycles. The minimum absolute atomic E-state index is 0.111. The lowest BCUT2D eigenvalue weighted by atomic mass is 9.86. The third-order valence-electron chi connectivity index (χ3n) is 6.88. The Balaban J connectivity index is 1.19. The van der Waals surface area contributed by atoms with E-state index in [0.717, 1.165) is 45.5 Å². The Hall–Kier alpha value is -4.39. The summed E-state index contributed by atoms with van der Waals surface area (Å²) >= 11 is 0. The summed E-state index contributed by atoms with van der Waals surface area (Å²) in [4.78, 5) is 27.0. The number of ether oxygens (including phenoxy) is 2. The standard InChI is InChI=1S/C29H26N4O3/c1-35-21-12-10-20(11-13-21)24-18-27(31-19-30-24)32-14-16-33(17-15-32)29(34)28-22-6-2-4-8-25(22)36-26-9-5-3-7-23(26)28/h2-13,18-19,28H,14-17H2,1H3. The highest BCUT2D eigenvalue weighted by Crippen LogP contribution is 2.44. The second-order valence-electron chi connectivity index (χ2n) is 8.91. The Morgan fingerprint density at radius 2 is 1.50 bits per heavy atom. The molecule has 180 valence electrons. The van der Waals surface area contributed by atoms with Crippen LogP contribution in [0.1, 0.15) is 17.0 Å². The third kappa shape index (κ3) is 4.02. The molecule has 0 spiro atoms. The Morgan fingerprint density at radius 1 is 0.861 bits per heavy atom. The van der Waals surface area contributed by atoms with Crippen molar-refractivity contribution < 1.29 is 14.3 Å². The number of fused-ring (bicyclic) bond motifs is 2. The van der Waals surface area contributed by atoms with Gasteiger partial charge in [0, 0.05) is 48.9 Å². The van der Waals surface area contributed by atoms with Gasteiger partial charge < -0.3 is 19.3 Å². The molecule has 0 bridgehead atoms. The van der Waals surface area contributed by atoms with Crippen molar-refractivity contribution in [3.63, 3.8) is 0 Å². The number of hydrogen-bond acceptors (Lipinski definition) is 6. The number of carbonyl (C=O) groups is 1. The third-order valence-corrected chi connectivity index (χ3v) is 6.88. The topological polar surface area (TPSA) is 67.8 Å². The molecule has 0 aliphatic carbocycles. The van der Waals surface area contributed by atoms with E-state index in [1.54, 1.807) is 13.4 Å². The molecule has 36 heavy (non-hydrogen) atoms. The van der Waals surface area contributed by atoms with Gasteiger partial charge >= 0.3 is 0 Å². The highest BCUT2D eigenvalue weighted by atomic mass is 16.5. The van der Waals surface area contributed by atoms with Crippen LogP contribution >= 0.6 is 0 Å². The van der Waals surface area contributed by atoms with Crippen LogP contribution in [0.15, 0.2) is 85.2 Å². The van der Waals surface area contributed by atoms with Crippen molar-refractivity contribution in [3.05, 3.63) is 96.3 Å². The zero-order valence-corrected chi connectivity index (χ0v) is 20.0. The number of hydrogen-bond donors (Lipinski definition) is 0. The molecular formula is C29H26N4O3. The van der Waals surface area contributed by atoms with E-state index in [1.807, 2.05) is 83.8 Å². The minimum atomic E-state index is -0.363. The number of piperazine rings is 1. The predicted octanol–water partition coefficient (Wildman–Crippen LogP) is 4.74. The Kier molecular flexibility index (Phi) is 5.73. The lowest BCUT2D eigenvalue weighted by Gasteiger charge is -2.38. The molecule has 2 aliphatic heterocycles. The first kappa shape index (κ1) is 22.1. The fraction of sp³-hybridized carbons (Fsp3) is 0.207. The van der Waals surface area contributed by atoms with Crippen LogP contribution in [0, 0.1) is 0 Å². The van der Waals surface area contributed by atoms with Crippen LogP contribution in [0.2, 0.25) is 0 Å². The molecule has 4 aromatic rings. The largest absolute Gasteiger partial charge is 0.497 e. The van der Waals surface area contributed by atoms with Crippen LogP contribution in [0.4, 0.5) is 5.82 Å². The van der Waals surface area contributed by atoms with Gasteiger partial charge in [-0.05, 0) is 36.4 Å². The second-order valence-corrected chi connectivity index (χ2v) is 8.91. The Morgan fingerprint density at radius 3 is 2.14 bits per heavy atom. The summed E-state index contributed by atoms with van der Waals surface area (Å²) in [5.74, 6) is 2.92. The van der Waals surface area contributed by atoms with Gasteiger partial charge in [-0.15, -0.1) is 0 Å². The maximum Gasteiger partial charge on any atom is 0.234 e. The fourth-order valence-electron chi connectivity index (χ4n) is 4.95. The molecule has 1 amide bonds. The van der Waals surface area contributed by atoms with E-state index in [9.17, 15) is 4.79 Å². The maximum absolute atomic E-state index is 13.8. The van der Waals surface area contributed by atoms with E-state index >= 15 is 0 Å². The first-order valence-corrected chi connectivity index (χ1v) is 12.1. The van der Waals surface area contributed by atoms with Crippen LogP contribution in [-0.4, -0.2) is 54.1 Å². The van der Waals surface area contributed by atoms with Gasteiger partial charge in [0.2, 0.25) is 5.91 Å². The van der Waals surface area contributed by atoms with E-state index in [0.29, 0.717) is 26.2 Å². The maximum atomic E-state index is 13.8. The van der Waals surface area contributed by atoms with Crippen molar-refractivity contribution in [3.8, 4) is 28.5 Å². The monoisotopic (exact) mass is 478 g/mol. The summed E-state index contributed by atoms with van der Waals surface area (Å²) in [6, 6.07) is 25.5. The summed E-state index contributed by atoms with van der Waals surface area (Å²) in [5.41, 5.74) is 3.70. The van der Waals surface area contributed by atoms with Gasteiger partial charge in [-0.25, -0.2) is 9.97 Å². The highest BCUT2D eigenvalue weighted by Gasteiger charge is 2.36. The van der Waals surface area contributed by atoms with Crippen molar-refractivity contribution in [2.24, 2.45) is 0 Å². The first-order valence-electron chi connectivity index (χ1n) is 12.1. The molecule has 2 aliphatic rings. The Labute approximate surface area is 209 Å². The van der Waals surface area contributed by atoms with Crippen molar-refractivity contribution >= 4 is 11.7 Å². The number of carbonyl (C=O) groups excluding carboxylic acids is 1. The van der Waals surface area contributed by atoms with Crippen molar-refractivity contribution in [2.75, 3.05) is 38.2 Å². The smallest absolute Gasteiger partial charge is 0.234 e. The lowest BCUT2D eigenvalue weighted by Crippen LogP contribution is -2.50. The molecule has 0 saturated carbocycles. The number of benzene rings is 3. The van der Waals surface area contributed by atoms with Gasteiger partial charge in [0.25, 0.3) is 0 Å². The predicted molar refractivity (Wildman–Crippen MR) is 138 cm³/mol. The summed E-state index contributed by atoms with van der Waals surface area (Å²) in [5, 5.41) is 0. The number of anilines is 1. The molecule has 0 radical (unpaired) electrons. The Bertz CT molecular complexity index is 1350. The van der Waals surface area contributed by atoms with Gasteiger partial charge in [-0.2, -0.15) is 0 Å².